The largest absolute Gasteiger partial charge is 0.314 e. The first kappa shape index (κ1) is 16.3. The van der Waals surface area contributed by atoms with Gasteiger partial charge in [-0.1, -0.05) is 52.4 Å². The van der Waals surface area contributed by atoms with Crippen LogP contribution >= 0.6 is 0 Å². The van der Waals surface area contributed by atoms with Crippen LogP contribution in [0.4, 0.5) is 0 Å². The van der Waals surface area contributed by atoms with Crippen LogP contribution in [0, 0.1) is 0 Å². The predicted octanol–water partition coefficient (Wildman–Crippen LogP) is 4.34. The summed E-state index contributed by atoms with van der Waals surface area (Å²) >= 11 is 0. The molecule has 2 saturated carbocycles. The fourth-order valence-corrected chi connectivity index (χ4v) is 4.14. The lowest BCUT2D eigenvalue weighted by atomic mass is 9.88. The molecule has 0 aromatic carbocycles. The fourth-order valence-electron chi connectivity index (χ4n) is 4.14. The molecule has 0 atom stereocenters. The maximum absolute atomic E-state index is 3.58. The van der Waals surface area contributed by atoms with Gasteiger partial charge in [0.2, 0.25) is 0 Å². The molecule has 0 amide bonds. The van der Waals surface area contributed by atoms with Crippen LogP contribution in [0.1, 0.15) is 84.5 Å². The third-order valence-corrected chi connectivity index (χ3v) is 5.23. The molecule has 0 unspecified atom stereocenters. The van der Waals surface area contributed by atoms with Crippen LogP contribution in [-0.2, 0) is 0 Å². The van der Waals surface area contributed by atoms with Crippen molar-refractivity contribution in [1.29, 1.82) is 0 Å². The standard InChI is InChI=1S/C18H36N2/c1-16(2)19-14-9-15-20(17-10-5-3-6-11-17)18-12-7-4-8-13-18/h16-19H,3-15H2,1-2H3. The lowest BCUT2D eigenvalue weighted by molar-refractivity contribution is 0.0795. The van der Waals surface area contributed by atoms with Gasteiger partial charge in [-0.15, -0.1) is 0 Å². The van der Waals surface area contributed by atoms with Gasteiger partial charge in [0.15, 0.2) is 0 Å². The fraction of sp³-hybridized carbons (Fsp3) is 1.00. The number of hydrogen-bond acceptors (Lipinski definition) is 2. The molecule has 0 aromatic rings. The van der Waals surface area contributed by atoms with Crippen LogP contribution in [0.5, 0.6) is 0 Å². The Kier molecular flexibility index (Phi) is 7.37. The highest BCUT2D eigenvalue weighted by Crippen LogP contribution is 2.30. The lowest BCUT2D eigenvalue weighted by Gasteiger charge is -2.42. The van der Waals surface area contributed by atoms with Gasteiger partial charge < -0.3 is 5.32 Å². The summed E-state index contributed by atoms with van der Waals surface area (Å²) in [5, 5.41) is 3.58. The van der Waals surface area contributed by atoms with Crippen molar-refractivity contribution in [3.8, 4) is 0 Å². The highest BCUT2D eigenvalue weighted by molar-refractivity contribution is 4.83. The lowest BCUT2D eigenvalue weighted by Crippen LogP contribution is -2.46. The Morgan fingerprint density at radius 3 is 1.80 bits per heavy atom. The zero-order valence-corrected chi connectivity index (χ0v) is 13.9. The molecule has 2 aliphatic carbocycles. The minimum absolute atomic E-state index is 0.632. The van der Waals surface area contributed by atoms with Gasteiger partial charge in [-0.05, 0) is 45.2 Å². The van der Waals surface area contributed by atoms with Crippen molar-refractivity contribution in [2.45, 2.75) is 103 Å². The molecule has 118 valence electrons. The molecule has 2 rings (SSSR count). The molecule has 2 nitrogen and oxygen atoms in total. The Morgan fingerprint density at radius 1 is 0.850 bits per heavy atom. The van der Waals surface area contributed by atoms with Gasteiger partial charge in [-0.25, -0.2) is 0 Å². The van der Waals surface area contributed by atoms with E-state index < -0.39 is 0 Å². The van der Waals surface area contributed by atoms with Crippen molar-refractivity contribution in [1.82, 2.24) is 10.2 Å². The summed E-state index contributed by atoms with van der Waals surface area (Å²) in [7, 11) is 0. The molecule has 0 spiro atoms. The average molecular weight is 280 g/mol. The molecule has 1 N–H and O–H groups in total. The van der Waals surface area contributed by atoms with E-state index >= 15 is 0 Å². The summed E-state index contributed by atoms with van der Waals surface area (Å²) in [5.74, 6) is 0. The van der Waals surface area contributed by atoms with E-state index in [1.165, 1.54) is 83.7 Å². The second kappa shape index (κ2) is 9.04. The quantitative estimate of drug-likeness (QED) is 0.698. The molecular weight excluding hydrogens is 244 g/mol. The summed E-state index contributed by atoms with van der Waals surface area (Å²) in [6.07, 6.45) is 16.0. The maximum atomic E-state index is 3.58. The highest BCUT2D eigenvalue weighted by Gasteiger charge is 2.28. The van der Waals surface area contributed by atoms with Gasteiger partial charge in [0.05, 0.1) is 0 Å². The predicted molar refractivity (Wildman–Crippen MR) is 88.2 cm³/mol. The first-order chi connectivity index (χ1) is 9.77. The zero-order valence-electron chi connectivity index (χ0n) is 13.9. The van der Waals surface area contributed by atoms with E-state index in [-0.39, 0.29) is 0 Å². The van der Waals surface area contributed by atoms with E-state index in [1.54, 1.807) is 0 Å². The van der Waals surface area contributed by atoms with Gasteiger partial charge in [0.25, 0.3) is 0 Å². The first-order valence-electron chi connectivity index (χ1n) is 9.26. The second-order valence-corrected chi connectivity index (χ2v) is 7.28. The topological polar surface area (TPSA) is 15.3 Å². The van der Waals surface area contributed by atoms with Gasteiger partial charge in [0, 0.05) is 18.1 Å². The molecule has 2 heteroatoms. The van der Waals surface area contributed by atoms with Crippen molar-refractivity contribution in [3.05, 3.63) is 0 Å². The third-order valence-electron chi connectivity index (χ3n) is 5.23. The number of nitrogens with zero attached hydrogens (tertiary/aromatic N) is 1. The van der Waals surface area contributed by atoms with E-state index in [1.807, 2.05) is 0 Å². The van der Waals surface area contributed by atoms with Crippen LogP contribution in [0.3, 0.4) is 0 Å². The minimum atomic E-state index is 0.632. The summed E-state index contributed by atoms with van der Waals surface area (Å²) in [5.41, 5.74) is 0. The van der Waals surface area contributed by atoms with Crippen molar-refractivity contribution in [2.24, 2.45) is 0 Å². The molecule has 0 aliphatic heterocycles. The van der Waals surface area contributed by atoms with Crippen molar-refractivity contribution < 1.29 is 0 Å². The van der Waals surface area contributed by atoms with Gasteiger partial charge in [0.1, 0.15) is 0 Å². The van der Waals surface area contributed by atoms with Crippen LogP contribution < -0.4 is 5.32 Å². The Balaban J connectivity index is 1.81. The first-order valence-corrected chi connectivity index (χ1v) is 9.26. The normalized spacial score (nSPS) is 22.8. The number of hydrogen-bond donors (Lipinski definition) is 1. The summed E-state index contributed by atoms with van der Waals surface area (Å²) < 4.78 is 0. The molecule has 0 heterocycles. The average Bonchev–Trinajstić information content (AvgIpc) is 2.49. The molecule has 2 fully saturated rings. The van der Waals surface area contributed by atoms with E-state index in [2.05, 4.69) is 24.1 Å². The number of rotatable bonds is 7. The van der Waals surface area contributed by atoms with Gasteiger partial charge >= 0.3 is 0 Å². The van der Waals surface area contributed by atoms with Crippen LogP contribution in [0.2, 0.25) is 0 Å². The zero-order chi connectivity index (χ0) is 14.2. The smallest absolute Gasteiger partial charge is 0.00982 e. The Bertz CT molecular complexity index is 222. The monoisotopic (exact) mass is 280 g/mol. The van der Waals surface area contributed by atoms with Crippen LogP contribution in [0.25, 0.3) is 0 Å². The summed E-state index contributed by atoms with van der Waals surface area (Å²) in [4.78, 5) is 2.93. The SMILES string of the molecule is CC(C)NCCCN(C1CCCCC1)C1CCCCC1. The van der Waals surface area contributed by atoms with E-state index in [0.29, 0.717) is 6.04 Å². The Morgan fingerprint density at radius 2 is 1.35 bits per heavy atom. The van der Waals surface area contributed by atoms with E-state index in [9.17, 15) is 0 Å². The second-order valence-electron chi connectivity index (χ2n) is 7.28. The summed E-state index contributed by atoms with van der Waals surface area (Å²) in [6, 6.07) is 2.45. The van der Waals surface area contributed by atoms with Crippen LogP contribution in [0.15, 0.2) is 0 Å². The molecular formula is C18H36N2. The van der Waals surface area contributed by atoms with Crippen molar-refractivity contribution in [3.63, 3.8) is 0 Å². The maximum Gasteiger partial charge on any atom is 0.00982 e. The Labute approximate surface area is 126 Å². The molecule has 2 aliphatic rings. The van der Waals surface area contributed by atoms with E-state index in [4.69, 9.17) is 0 Å². The minimum Gasteiger partial charge on any atom is -0.314 e. The number of nitrogens with one attached hydrogen (secondary N) is 1. The van der Waals surface area contributed by atoms with Crippen molar-refractivity contribution in [2.75, 3.05) is 13.1 Å². The summed E-state index contributed by atoms with van der Waals surface area (Å²) in [6.45, 7) is 7.02. The van der Waals surface area contributed by atoms with E-state index in [0.717, 1.165) is 12.1 Å². The molecule has 20 heavy (non-hydrogen) atoms. The molecule has 0 saturated heterocycles. The van der Waals surface area contributed by atoms with Crippen LogP contribution in [-0.4, -0.2) is 36.1 Å². The molecule has 0 radical (unpaired) electrons. The molecule has 0 bridgehead atoms. The van der Waals surface area contributed by atoms with Gasteiger partial charge in [-0.2, -0.15) is 0 Å². The highest BCUT2D eigenvalue weighted by atomic mass is 15.2. The third kappa shape index (κ3) is 5.37. The Hall–Kier alpha value is -0.0800. The van der Waals surface area contributed by atoms with Gasteiger partial charge in [-0.3, -0.25) is 4.90 Å². The molecule has 0 aromatic heterocycles. The van der Waals surface area contributed by atoms with Crippen molar-refractivity contribution >= 4 is 0 Å².